The van der Waals surface area contributed by atoms with Crippen molar-refractivity contribution in [1.29, 1.82) is 0 Å². The van der Waals surface area contributed by atoms with E-state index in [4.69, 9.17) is 11.6 Å². The van der Waals surface area contributed by atoms with Crippen molar-refractivity contribution in [2.75, 3.05) is 17.1 Å². The Hall–Kier alpha value is -1.79. The monoisotopic (exact) mass is 311 g/mol. The molecule has 2 rings (SSSR count). The van der Waals surface area contributed by atoms with Gasteiger partial charge in [-0.05, 0) is 36.8 Å². The fourth-order valence-electron chi connectivity index (χ4n) is 1.70. The Labute approximate surface area is 123 Å². The molecule has 0 radical (unpaired) electrons. The zero-order chi connectivity index (χ0) is 14.8. The van der Waals surface area contributed by atoms with Crippen molar-refractivity contribution in [1.82, 2.24) is 4.98 Å². The van der Waals surface area contributed by atoms with Crippen LogP contribution in [0.1, 0.15) is 5.56 Å². The normalized spacial score (nSPS) is 11.2. The molecule has 2 aromatic rings. The average Bonchev–Trinajstić information content (AvgIpc) is 2.42. The molecule has 20 heavy (non-hydrogen) atoms. The van der Waals surface area contributed by atoms with Crippen molar-refractivity contribution in [3.8, 4) is 0 Å². The molecule has 5 nitrogen and oxygen atoms in total. The number of nitrogens with one attached hydrogen (secondary N) is 2. The molecule has 0 spiro atoms. The minimum Gasteiger partial charge on any atom is -0.372 e. The minimum absolute atomic E-state index is 0.0851. The number of rotatable bonds is 4. The second-order valence-corrected chi connectivity index (χ2v) is 6.25. The van der Waals surface area contributed by atoms with E-state index in [1.165, 1.54) is 12.3 Å². The minimum atomic E-state index is -3.73. The van der Waals surface area contributed by atoms with Crippen LogP contribution in [-0.2, 0) is 10.0 Å². The molecule has 0 aliphatic carbocycles. The maximum atomic E-state index is 12.4. The van der Waals surface area contributed by atoms with Gasteiger partial charge in [0.15, 0.2) is 0 Å². The lowest BCUT2D eigenvalue weighted by molar-refractivity contribution is 0.601. The van der Waals surface area contributed by atoms with Crippen LogP contribution in [0.5, 0.6) is 0 Å². The van der Waals surface area contributed by atoms with Gasteiger partial charge in [0.05, 0.1) is 5.69 Å². The molecule has 0 unspecified atom stereocenters. The van der Waals surface area contributed by atoms with Crippen LogP contribution in [0.2, 0.25) is 5.02 Å². The largest absolute Gasteiger partial charge is 0.372 e. The molecule has 1 aromatic heterocycles. The van der Waals surface area contributed by atoms with Gasteiger partial charge >= 0.3 is 0 Å². The molecule has 0 saturated heterocycles. The third-order valence-electron chi connectivity index (χ3n) is 2.74. The van der Waals surface area contributed by atoms with E-state index < -0.39 is 10.0 Å². The Morgan fingerprint density at radius 1 is 1.25 bits per heavy atom. The maximum absolute atomic E-state index is 12.4. The predicted molar refractivity (Wildman–Crippen MR) is 80.8 cm³/mol. The van der Waals surface area contributed by atoms with E-state index in [0.717, 1.165) is 5.56 Å². The molecule has 1 heterocycles. The third kappa shape index (κ3) is 3.02. The molecule has 0 aliphatic heterocycles. The lowest BCUT2D eigenvalue weighted by Gasteiger charge is -2.13. The number of hydrogen-bond acceptors (Lipinski definition) is 4. The highest BCUT2D eigenvalue weighted by Crippen LogP contribution is 2.25. The van der Waals surface area contributed by atoms with Crippen molar-refractivity contribution < 1.29 is 8.42 Å². The molecular weight excluding hydrogens is 298 g/mol. The van der Waals surface area contributed by atoms with Gasteiger partial charge in [-0.1, -0.05) is 17.7 Å². The van der Waals surface area contributed by atoms with Gasteiger partial charge in [0.1, 0.15) is 10.7 Å². The summed E-state index contributed by atoms with van der Waals surface area (Å²) in [5.41, 5.74) is 1.23. The average molecular weight is 312 g/mol. The van der Waals surface area contributed by atoms with Crippen molar-refractivity contribution >= 4 is 33.1 Å². The molecule has 1 aromatic carbocycles. The molecule has 2 N–H and O–H groups in total. The molecule has 106 valence electrons. The van der Waals surface area contributed by atoms with Crippen LogP contribution in [0, 0.1) is 6.92 Å². The van der Waals surface area contributed by atoms with Crippen LogP contribution in [0.25, 0.3) is 0 Å². The van der Waals surface area contributed by atoms with Crippen molar-refractivity contribution in [2.24, 2.45) is 0 Å². The summed E-state index contributed by atoms with van der Waals surface area (Å²) >= 11 is 5.89. The molecule has 0 fully saturated rings. The highest BCUT2D eigenvalue weighted by atomic mass is 35.5. The second kappa shape index (κ2) is 5.68. The van der Waals surface area contributed by atoms with E-state index in [1.807, 2.05) is 0 Å². The molecule has 0 aliphatic rings. The zero-order valence-electron chi connectivity index (χ0n) is 11.0. The van der Waals surface area contributed by atoms with Crippen LogP contribution in [0.15, 0.2) is 41.4 Å². The highest BCUT2D eigenvalue weighted by molar-refractivity contribution is 7.92. The van der Waals surface area contributed by atoms with Gasteiger partial charge < -0.3 is 5.32 Å². The predicted octanol–water partition coefficient (Wildman–Crippen LogP) is 2.89. The highest BCUT2D eigenvalue weighted by Gasteiger charge is 2.19. The van der Waals surface area contributed by atoms with Crippen LogP contribution in [0.3, 0.4) is 0 Å². The van der Waals surface area contributed by atoms with Crippen LogP contribution >= 0.6 is 11.6 Å². The number of sulfonamides is 1. The van der Waals surface area contributed by atoms with E-state index in [1.54, 1.807) is 38.2 Å². The van der Waals surface area contributed by atoms with Gasteiger partial charge in [-0.15, -0.1) is 0 Å². The molecule has 0 saturated carbocycles. The lowest BCUT2D eigenvalue weighted by Crippen LogP contribution is -2.16. The van der Waals surface area contributed by atoms with E-state index in [0.29, 0.717) is 16.5 Å². The molecular formula is C13H14ClN3O2S. The van der Waals surface area contributed by atoms with Crippen LogP contribution in [0.4, 0.5) is 11.5 Å². The van der Waals surface area contributed by atoms with Crippen LogP contribution in [-0.4, -0.2) is 20.4 Å². The molecule has 7 heteroatoms. The van der Waals surface area contributed by atoms with Gasteiger partial charge in [0.2, 0.25) is 0 Å². The fraction of sp³-hybridized carbons (Fsp3) is 0.154. The van der Waals surface area contributed by atoms with Gasteiger partial charge in [-0.2, -0.15) is 0 Å². The zero-order valence-corrected chi connectivity index (χ0v) is 12.6. The fourth-order valence-corrected chi connectivity index (χ4v) is 3.16. The number of halogens is 1. The SMILES string of the molecule is CNc1ncccc1S(=O)(=O)Nc1cc(Cl)ccc1C. The number of pyridine rings is 1. The summed E-state index contributed by atoms with van der Waals surface area (Å²) in [6.45, 7) is 1.80. The number of nitrogens with zero attached hydrogens (tertiary/aromatic N) is 1. The van der Waals surface area contributed by atoms with Gasteiger partial charge in [0.25, 0.3) is 10.0 Å². The molecule has 0 bridgehead atoms. The van der Waals surface area contributed by atoms with Gasteiger partial charge in [0, 0.05) is 18.3 Å². The van der Waals surface area contributed by atoms with E-state index >= 15 is 0 Å². The number of aromatic nitrogens is 1. The summed E-state index contributed by atoms with van der Waals surface area (Å²) in [5, 5.41) is 3.22. The topological polar surface area (TPSA) is 71.1 Å². The summed E-state index contributed by atoms with van der Waals surface area (Å²) in [6, 6.07) is 8.09. The smallest absolute Gasteiger partial charge is 0.265 e. The van der Waals surface area contributed by atoms with Crippen molar-refractivity contribution in [3.05, 3.63) is 47.1 Å². The number of hydrogen-bond donors (Lipinski definition) is 2. The number of benzene rings is 1. The Morgan fingerprint density at radius 3 is 2.70 bits per heavy atom. The first-order valence-corrected chi connectivity index (χ1v) is 7.72. The standard InChI is InChI=1S/C13H14ClN3O2S/c1-9-5-6-10(14)8-11(9)17-20(18,19)12-4-3-7-16-13(12)15-2/h3-8,17H,1-2H3,(H,15,16). The van der Waals surface area contributed by atoms with Gasteiger partial charge in [-0.25, -0.2) is 13.4 Å². The van der Waals surface area contributed by atoms with Crippen molar-refractivity contribution in [3.63, 3.8) is 0 Å². The van der Waals surface area contributed by atoms with Crippen LogP contribution < -0.4 is 10.0 Å². The number of aryl methyl sites for hydroxylation is 1. The van der Waals surface area contributed by atoms with Gasteiger partial charge in [-0.3, -0.25) is 4.72 Å². The summed E-state index contributed by atoms with van der Waals surface area (Å²) in [6.07, 6.45) is 1.52. The second-order valence-electron chi connectivity index (χ2n) is 4.16. The van der Waals surface area contributed by atoms with E-state index in [-0.39, 0.29) is 4.90 Å². The van der Waals surface area contributed by atoms with E-state index in [2.05, 4.69) is 15.0 Å². The third-order valence-corrected chi connectivity index (χ3v) is 4.37. The Kier molecular flexibility index (Phi) is 4.15. The van der Waals surface area contributed by atoms with Crippen molar-refractivity contribution in [2.45, 2.75) is 11.8 Å². The first-order valence-electron chi connectivity index (χ1n) is 5.86. The summed E-state index contributed by atoms with van der Waals surface area (Å²) in [5.74, 6) is 0.291. The molecule has 0 atom stereocenters. The Balaban J connectivity index is 2.43. The first-order chi connectivity index (χ1) is 9.44. The lowest BCUT2D eigenvalue weighted by atomic mass is 10.2. The quantitative estimate of drug-likeness (QED) is 0.911. The summed E-state index contributed by atoms with van der Waals surface area (Å²) in [7, 11) is -2.11. The Bertz CT molecular complexity index is 732. The number of anilines is 2. The van der Waals surface area contributed by atoms with E-state index in [9.17, 15) is 8.42 Å². The Morgan fingerprint density at radius 2 is 2.00 bits per heavy atom. The summed E-state index contributed by atoms with van der Waals surface area (Å²) in [4.78, 5) is 4.07. The maximum Gasteiger partial charge on any atom is 0.265 e. The first kappa shape index (κ1) is 14.6. The summed E-state index contributed by atoms with van der Waals surface area (Å²) < 4.78 is 27.3. The molecule has 0 amide bonds.